The van der Waals surface area contributed by atoms with Crippen molar-refractivity contribution >= 4 is 11.6 Å². The van der Waals surface area contributed by atoms with Gasteiger partial charge in [0, 0.05) is 37.9 Å². The second-order valence-corrected chi connectivity index (χ2v) is 5.01. The first kappa shape index (κ1) is 10.6. The van der Waals surface area contributed by atoms with Crippen molar-refractivity contribution in [2.45, 2.75) is 19.3 Å². The van der Waals surface area contributed by atoms with Gasteiger partial charge in [-0.15, -0.1) is 0 Å². The Labute approximate surface area is 102 Å². The molecule has 90 valence electrons. The van der Waals surface area contributed by atoms with Crippen molar-refractivity contribution in [3.8, 4) is 0 Å². The number of benzene rings is 1. The van der Waals surface area contributed by atoms with Crippen molar-refractivity contribution in [1.29, 1.82) is 0 Å². The van der Waals surface area contributed by atoms with E-state index in [0.29, 0.717) is 0 Å². The molecule has 0 aromatic heterocycles. The van der Waals surface area contributed by atoms with Gasteiger partial charge in [0.2, 0.25) is 0 Å². The van der Waals surface area contributed by atoms with Gasteiger partial charge in [-0.05, 0) is 43.0 Å². The van der Waals surface area contributed by atoms with E-state index >= 15 is 0 Å². The molecule has 17 heavy (non-hydrogen) atoms. The average Bonchev–Trinajstić information content (AvgIpc) is 2.87. The second kappa shape index (κ2) is 4.06. The molecule has 1 amide bonds. The van der Waals surface area contributed by atoms with Gasteiger partial charge in [0.15, 0.2) is 0 Å². The van der Waals surface area contributed by atoms with Gasteiger partial charge in [-0.3, -0.25) is 4.79 Å². The van der Waals surface area contributed by atoms with E-state index in [1.807, 2.05) is 13.1 Å². The maximum Gasteiger partial charge on any atom is 0.253 e. The minimum Gasteiger partial charge on any atom is -0.372 e. The molecule has 2 aliphatic heterocycles. The Morgan fingerprint density at radius 2 is 1.88 bits per heavy atom. The van der Waals surface area contributed by atoms with Crippen LogP contribution in [0, 0.1) is 0 Å². The lowest BCUT2D eigenvalue weighted by Gasteiger charge is -2.26. The fourth-order valence-corrected chi connectivity index (χ4v) is 2.76. The number of rotatable bonds is 1. The molecule has 2 aliphatic rings. The minimum atomic E-state index is 0.166. The van der Waals surface area contributed by atoms with Gasteiger partial charge < -0.3 is 9.80 Å². The van der Waals surface area contributed by atoms with Gasteiger partial charge >= 0.3 is 0 Å². The molecule has 2 heterocycles. The standard InChI is InChI=1S/C14H18N2O/c1-15-9-6-11-10-12(16-7-2-3-8-16)4-5-13(11)14(15)17/h4-5,10H,2-3,6-9H2,1H3. The highest BCUT2D eigenvalue weighted by Gasteiger charge is 2.22. The smallest absolute Gasteiger partial charge is 0.253 e. The number of anilines is 1. The number of nitrogens with zero attached hydrogens (tertiary/aromatic N) is 2. The van der Waals surface area contributed by atoms with E-state index in [2.05, 4.69) is 17.0 Å². The topological polar surface area (TPSA) is 23.6 Å². The first-order chi connectivity index (χ1) is 8.25. The molecule has 0 aliphatic carbocycles. The molecule has 0 bridgehead atoms. The van der Waals surface area contributed by atoms with Crippen LogP contribution in [0.5, 0.6) is 0 Å². The third-order valence-corrected chi connectivity index (χ3v) is 3.85. The summed E-state index contributed by atoms with van der Waals surface area (Å²) in [5, 5.41) is 0. The average molecular weight is 230 g/mol. The van der Waals surface area contributed by atoms with Gasteiger partial charge in [-0.2, -0.15) is 0 Å². The van der Waals surface area contributed by atoms with Crippen LogP contribution >= 0.6 is 0 Å². The molecule has 1 saturated heterocycles. The van der Waals surface area contributed by atoms with Gasteiger partial charge in [0.1, 0.15) is 0 Å². The van der Waals surface area contributed by atoms with Crippen molar-refractivity contribution in [2.75, 3.05) is 31.6 Å². The fourth-order valence-electron chi connectivity index (χ4n) is 2.76. The Morgan fingerprint density at radius 1 is 1.12 bits per heavy atom. The van der Waals surface area contributed by atoms with Crippen LogP contribution < -0.4 is 4.90 Å². The number of amides is 1. The lowest BCUT2D eigenvalue weighted by molar-refractivity contribution is 0.0781. The van der Waals surface area contributed by atoms with Crippen molar-refractivity contribution < 1.29 is 4.79 Å². The zero-order valence-electron chi connectivity index (χ0n) is 10.3. The molecule has 3 nitrogen and oxygen atoms in total. The molecule has 0 unspecified atom stereocenters. The second-order valence-electron chi connectivity index (χ2n) is 5.01. The van der Waals surface area contributed by atoms with E-state index in [4.69, 9.17) is 0 Å². The first-order valence-electron chi connectivity index (χ1n) is 6.39. The summed E-state index contributed by atoms with van der Waals surface area (Å²) in [6.07, 6.45) is 3.57. The van der Waals surface area contributed by atoms with Crippen LogP contribution in [0.2, 0.25) is 0 Å². The van der Waals surface area contributed by atoms with Crippen LogP contribution in [0.15, 0.2) is 18.2 Å². The third-order valence-electron chi connectivity index (χ3n) is 3.85. The van der Waals surface area contributed by atoms with Gasteiger partial charge in [-0.1, -0.05) is 0 Å². The molecule has 1 aromatic rings. The maximum atomic E-state index is 12.0. The van der Waals surface area contributed by atoms with E-state index in [9.17, 15) is 4.79 Å². The Morgan fingerprint density at radius 3 is 2.65 bits per heavy atom. The number of hydrogen-bond acceptors (Lipinski definition) is 2. The molecule has 0 atom stereocenters. The first-order valence-corrected chi connectivity index (χ1v) is 6.39. The number of fused-ring (bicyclic) bond motifs is 1. The molecule has 3 rings (SSSR count). The SMILES string of the molecule is CN1CCc2cc(N3CCCC3)ccc2C1=O. The monoisotopic (exact) mass is 230 g/mol. The fraction of sp³-hybridized carbons (Fsp3) is 0.500. The molecule has 0 spiro atoms. The summed E-state index contributed by atoms with van der Waals surface area (Å²) in [7, 11) is 1.87. The number of carbonyl (C=O) groups excluding carboxylic acids is 1. The predicted molar refractivity (Wildman–Crippen MR) is 68.6 cm³/mol. The van der Waals surface area contributed by atoms with Crippen LogP contribution in [0.25, 0.3) is 0 Å². The number of likely N-dealkylation sites (N-methyl/N-ethyl adjacent to an activating group) is 1. The number of hydrogen-bond donors (Lipinski definition) is 0. The Bertz CT molecular complexity index is 450. The molecule has 1 aromatic carbocycles. The summed E-state index contributed by atoms with van der Waals surface area (Å²) >= 11 is 0. The van der Waals surface area contributed by atoms with Crippen LogP contribution in [0.1, 0.15) is 28.8 Å². The highest BCUT2D eigenvalue weighted by atomic mass is 16.2. The van der Waals surface area contributed by atoms with Crippen LogP contribution in [0.4, 0.5) is 5.69 Å². The van der Waals surface area contributed by atoms with E-state index in [1.165, 1.54) is 24.1 Å². The van der Waals surface area contributed by atoms with Gasteiger partial charge in [0.25, 0.3) is 5.91 Å². The molecule has 3 heteroatoms. The quantitative estimate of drug-likeness (QED) is 0.736. The summed E-state index contributed by atoms with van der Waals surface area (Å²) in [6, 6.07) is 6.31. The lowest BCUT2D eigenvalue weighted by Crippen LogP contribution is -2.34. The summed E-state index contributed by atoms with van der Waals surface area (Å²) in [5.74, 6) is 0.166. The zero-order valence-corrected chi connectivity index (χ0v) is 10.3. The highest BCUT2D eigenvalue weighted by molar-refractivity contribution is 5.97. The highest BCUT2D eigenvalue weighted by Crippen LogP contribution is 2.26. The van der Waals surface area contributed by atoms with E-state index in [1.54, 1.807) is 4.90 Å². The van der Waals surface area contributed by atoms with Crippen molar-refractivity contribution in [3.63, 3.8) is 0 Å². The Balaban J connectivity index is 1.94. The van der Waals surface area contributed by atoms with Crippen LogP contribution in [-0.2, 0) is 6.42 Å². The van der Waals surface area contributed by atoms with Crippen molar-refractivity contribution in [1.82, 2.24) is 4.90 Å². The summed E-state index contributed by atoms with van der Waals surface area (Å²) in [5.41, 5.74) is 3.40. The largest absolute Gasteiger partial charge is 0.372 e. The number of carbonyl (C=O) groups is 1. The zero-order chi connectivity index (χ0) is 11.8. The molecule has 1 fully saturated rings. The maximum absolute atomic E-state index is 12.0. The third kappa shape index (κ3) is 1.79. The molecule has 0 saturated carbocycles. The van der Waals surface area contributed by atoms with Gasteiger partial charge in [-0.25, -0.2) is 0 Å². The van der Waals surface area contributed by atoms with E-state index in [-0.39, 0.29) is 5.91 Å². The summed E-state index contributed by atoms with van der Waals surface area (Å²) < 4.78 is 0. The Kier molecular flexibility index (Phi) is 2.54. The van der Waals surface area contributed by atoms with Gasteiger partial charge in [0.05, 0.1) is 0 Å². The normalized spacial score (nSPS) is 19.7. The molecule has 0 N–H and O–H groups in total. The predicted octanol–water partition coefficient (Wildman–Crippen LogP) is 1.91. The minimum absolute atomic E-state index is 0.166. The van der Waals surface area contributed by atoms with E-state index < -0.39 is 0 Å². The van der Waals surface area contributed by atoms with Crippen molar-refractivity contribution in [3.05, 3.63) is 29.3 Å². The molecular weight excluding hydrogens is 212 g/mol. The summed E-state index contributed by atoms with van der Waals surface area (Å²) in [4.78, 5) is 16.2. The van der Waals surface area contributed by atoms with Crippen LogP contribution in [0.3, 0.4) is 0 Å². The van der Waals surface area contributed by atoms with Crippen molar-refractivity contribution in [2.24, 2.45) is 0 Å². The van der Waals surface area contributed by atoms with E-state index in [0.717, 1.165) is 31.6 Å². The lowest BCUT2D eigenvalue weighted by atomic mass is 9.98. The summed E-state index contributed by atoms with van der Waals surface area (Å²) in [6.45, 7) is 3.16. The molecular formula is C14H18N2O. The Hall–Kier alpha value is -1.51. The van der Waals surface area contributed by atoms with Crippen LogP contribution in [-0.4, -0.2) is 37.5 Å². The molecule has 0 radical (unpaired) electrons.